The van der Waals surface area contributed by atoms with E-state index in [0.29, 0.717) is 51.8 Å². The number of ether oxygens (including phenoxy) is 1. The van der Waals surface area contributed by atoms with Crippen LogP contribution in [0.1, 0.15) is 49.8 Å². The van der Waals surface area contributed by atoms with Gasteiger partial charge in [-0.2, -0.15) is 13.7 Å². The number of fused-ring (bicyclic) bond motifs is 4. The molecule has 0 amide bonds. The van der Waals surface area contributed by atoms with Crippen molar-refractivity contribution >= 4 is 43.1 Å². The van der Waals surface area contributed by atoms with Crippen molar-refractivity contribution < 1.29 is 17.0 Å². The van der Waals surface area contributed by atoms with Crippen molar-refractivity contribution in [2.24, 2.45) is 0 Å². The fourth-order valence-corrected chi connectivity index (χ4v) is 6.28. The fourth-order valence-electron chi connectivity index (χ4n) is 5.77. The molecule has 0 radical (unpaired) electrons. The second kappa shape index (κ2) is 9.33. The number of aromatic nitrogens is 2. The van der Waals surface area contributed by atoms with E-state index in [2.05, 4.69) is 15.6 Å². The molecule has 6 rings (SSSR count). The maximum atomic E-state index is 14.1. The van der Waals surface area contributed by atoms with Gasteiger partial charge >= 0.3 is 10.2 Å². The van der Waals surface area contributed by atoms with Crippen molar-refractivity contribution in [1.82, 2.24) is 9.55 Å². The van der Waals surface area contributed by atoms with Crippen molar-refractivity contribution in [2.75, 3.05) is 13.2 Å². The van der Waals surface area contributed by atoms with Gasteiger partial charge in [-0.15, -0.1) is 3.89 Å². The van der Waals surface area contributed by atoms with E-state index in [9.17, 15) is 22.4 Å². The van der Waals surface area contributed by atoms with Gasteiger partial charge in [0, 0.05) is 35.5 Å². The van der Waals surface area contributed by atoms with Crippen LogP contribution in [0, 0.1) is 11.3 Å². The third kappa shape index (κ3) is 4.20. The van der Waals surface area contributed by atoms with Crippen LogP contribution >= 0.6 is 0 Å². The highest BCUT2D eigenvalue weighted by Gasteiger charge is 2.25. The zero-order valence-electron chi connectivity index (χ0n) is 21.5. The van der Waals surface area contributed by atoms with Crippen LogP contribution in [0.15, 0.2) is 64.3 Å². The van der Waals surface area contributed by atoms with Crippen LogP contribution in [0.4, 0.5) is 3.89 Å². The largest absolute Gasteiger partial charge is 0.381 e. The molecule has 3 heterocycles. The summed E-state index contributed by atoms with van der Waals surface area (Å²) in [7, 11) is -4.89. The van der Waals surface area contributed by atoms with Crippen LogP contribution in [0.5, 0.6) is 0 Å². The molecule has 1 saturated heterocycles. The lowest BCUT2D eigenvalue weighted by Gasteiger charge is -2.28. The molecule has 0 aliphatic carbocycles. The number of hydrogen-bond donors (Lipinski definition) is 1. The summed E-state index contributed by atoms with van der Waals surface area (Å²) < 4.78 is 45.1. The predicted molar refractivity (Wildman–Crippen MR) is 149 cm³/mol. The molecule has 1 N–H and O–H groups in total. The van der Waals surface area contributed by atoms with Crippen molar-refractivity contribution in [2.45, 2.75) is 43.5 Å². The van der Waals surface area contributed by atoms with E-state index in [4.69, 9.17) is 4.74 Å². The number of pyridine rings is 1. The number of hydrogen-bond acceptors (Lipinski definition) is 5. The average molecular weight is 544 g/mol. The highest BCUT2D eigenvalue weighted by atomic mass is 32.3. The summed E-state index contributed by atoms with van der Waals surface area (Å²) in [5.41, 5.74) is 4.63. The Bertz CT molecular complexity index is 2000. The monoisotopic (exact) mass is 543 g/mol. The van der Waals surface area contributed by atoms with E-state index >= 15 is 0 Å². The molecule has 3 aromatic carbocycles. The van der Waals surface area contributed by atoms with Gasteiger partial charge in [0.1, 0.15) is 5.65 Å². The molecule has 2 aromatic heterocycles. The van der Waals surface area contributed by atoms with Crippen LogP contribution in [0.3, 0.4) is 0 Å². The average Bonchev–Trinajstić information content (AvgIpc) is 3.31. The van der Waals surface area contributed by atoms with Crippen molar-refractivity contribution in [1.29, 1.82) is 5.26 Å². The molecule has 0 bridgehead atoms. The fraction of sp³-hybridized carbons (Fsp3) is 0.267. The Labute approximate surface area is 224 Å². The van der Waals surface area contributed by atoms with Gasteiger partial charge in [0.25, 0.3) is 0 Å². The molecule has 1 aliphatic rings. The molecular formula is C30H26FN3O4S. The number of aromatic amines is 1. The van der Waals surface area contributed by atoms with E-state index in [1.807, 2.05) is 32.0 Å². The van der Waals surface area contributed by atoms with Gasteiger partial charge in [-0.1, -0.05) is 32.0 Å². The summed E-state index contributed by atoms with van der Waals surface area (Å²) in [4.78, 5) is 17.1. The third-order valence-electron chi connectivity index (χ3n) is 7.65. The Hall–Kier alpha value is -4.00. The number of halogens is 1. The summed E-state index contributed by atoms with van der Waals surface area (Å²) in [6.07, 6.45) is 1.51. The summed E-state index contributed by atoms with van der Waals surface area (Å²) >= 11 is 0. The maximum absolute atomic E-state index is 14.1. The Morgan fingerprint density at radius 1 is 1.08 bits per heavy atom. The molecule has 0 saturated carbocycles. The van der Waals surface area contributed by atoms with Crippen molar-refractivity contribution in [3.8, 4) is 17.2 Å². The summed E-state index contributed by atoms with van der Waals surface area (Å²) in [6, 6.07) is 17.2. The van der Waals surface area contributed by atoms with Crippen LogP contribution in [-0.4, -0.2) is 31.2 Å². The Morgan fingerprint density at radius 3 is 2.54 bits per heavy atom. The number of H-pyrrole nitrogens is 1. The Kier molecular flexibility index (Phi) is 6.05. The lowest BCUT2D eigenvalue weighted by atomic mass is 9.90. The molecule has 9 heteroatoms. The zero-order valence-corrected chi connectivity index (χ0v) is 22.3. The highest BCUT2D eigenvalue weighted by molar-refractivity contribution is 7.86. The zero-order chi connectivity index (χ0) is 27.5. The summed E-state index contributed by atoms with van der Waals surface area (Å²) in [6.45, 7) is 5.19. The quantitative estimate of drug-likeness (QED) is 0.268. The minimum absolute atomic E-state index is 0.00261. The highest BCUT2D eigenvalue weighted by Crippen LogP contribution is 2.38. The van der Waals surface area contributed by atoms with Gasteiger partial charge < -0.3 is 14.3 Å². The Balaban J connectivity index is 1.76. The predicted octanol–water partition coefficient (Wildman–Crippen LogP) is 6.31. The van der Waals surface area contributed by atoms with Crippen LogP contribution in [0.25, 0.3) is 44.0 Å². The lowest BCUT2D eigenvalue weighted by molar-refractivity contribution is 0.0715. The third-order valence-corrected chi connectivity index (χ3v) is 8.47. The number of nitriles is 1. The van der Waals surface area contributed by atoms with Gasteiger partial charge in [0.15, 0.2) is 5.43 Å². The topological polar surface area (TPSA) is 105 Å². The number of benzene rings is 3. The molecule has 0 spiro atoms. The normalized spacial score (nSPS) is 14.9. The first-order valence-electron chi connectivity index (χ1n) is 12.9. The SMILES string of the molecule is CC(C)c1cc2c(=O)c3c4ccc(C#N)cc4[nH]c3n(C3CCOCC3)c2cc1-c1cccc(S(=O)(=O)F)c1. The van der Waals surface area contributed by atoms with Crippen molar-refractivity contribution in [3.05, 3.63) is 75.9 Å². The smallest absolute Gasteiger partial charge is 0.332 e. The lowest BCUT2D eigenvalue weighted by Crippen LogP contribution is -2.22. The second-order valence-electron chi connectivity index (χ2n) is 10.3. The van der Waals surface area contributed by atoms with E-state index in [1.54, 1.807) is 18.2 Å². The Morgan fingerprint density at radius 2 is 1.85 bits per heavy atom. The van der Waals surface area contributed by atoms with Gasteiger partial charge in [-0.05, 0) is 71.8 Å². The summed E-state index contributed by atoms with van der Waals surface area (Å²) in [5, 5.41) is 11.3. The number of nitrogens with one attached hydrogen (secondary N) is 1. The van der Waals surface area contributed by atoms with E-state index in [0.717, 1.165) is 29.4 Å². The number of nitrogens with zero attached hydrogens (tertiary/aromatic N) is 2. The van der Waals surface area contributed by atoms with Crippen molar-refractivity contribution in [3.63, 3.8) is 0 Å². The molecule has 7 nitrogen and oxygen atoms in total. The molecule has 1 fully saturated rings. The van der Waals surface area contributed by atoms with E-state index < -0.39 is 15.1 Å². The van der Waals surface area contributed by atoms with Gasteiger partial charge in [-0.3, -0.25) is 4.79 Å². The molecule has 0 unspecified atom stereocenters. The van der Waals surface area contributed by atoms with Gasteiger partial charge in [0.2, 0.25) is 0 Å². The van der Waals surface area contributed by atoms with Crippen LogP contribution in [-0.2, 0) is 15.0 Å². The van der Waals surface area contributed by atoms with E-state index in [-0.39, 0.29) is 17.4 Å². The van der Waals surface area contributed by atoms with Gasteiger partial charge in [-0.25, -0.2) is 0 Å². The molecule has 0 atom stereocenters. The minimum Gasteiger partial charge on any atom is -0.381 e. The second-order valence-corrected chi connectivity index (χ2v) is 11.7. The van der Waals surface area contributed by atoms with E-state index in [1.165, 1.54) is 18.2 Å². The molecular weight excluding hydrogens is 517 g/mol. The standard InChI is InChI=1S/C30H26FN3O4S/c1-17(2)23-14-25-27(15-24(23)19-4-3-5-21(13-19)39(31,36)37)34(20-8-10-38-11-9-20)30-28(29(25)35)22-7-6-18(16-32)12-26(22)33-30/h3-7,12-15,17,20,33H,8-11H2,1-2H3. The van der Waals surface area contributed by atoms with Crippen LogP contribution < -0.4 is 5.43 Å². The molecule has 198 valence electrons. The molecule has 39 heavy (non-hydrogen) atoms. The summed E-state index contributed by atoms with van der Waals surface area (Å²) in [5.74, 6) is 0.00261. The first-order chi connectivity index (χ1) is 18.7. The maximum Gasteiger partial charge on any atom is 0.332 e. The first-order valence-corrected chi connectivity index (χ1v) is 14.3. The molecule has 1 aliphatic heterocycles. The minimum atomic E-state index is -4.89. The van der Waals surface area contributed by atoms with Gasteiger partial charge in [0.05, 0.1) is 27.4 Å². The molecule has 5 aromatic rings. The number of rotatable bonds is 4. The van der Waals surface area contributed by atoms with Crippen LogP contribution in [0.2, 0.25) is 0 Å². The first kappa shape index (κ1) is 25.3.